The molecule has 2 atom stereocenters. The lowest BCUT2D eigenvalue weighted by atomic mass is 9.81. The molecule has 0 amide bonds. The second kappa shape index (κ2) is 7.10. The predicted molar refractivity (Wildman–Crippen MR) is 89.2 cm³/mol. The standard InChI is InChI=1S/C16H25BrClN/c1-12(13-7-6-8-15(18)9-13)19(5)11-14(10-17)16(2,3)4/h6-9,12,14H,10-11H2,1-5H3. The predicted octanol–water partition coefficient (Wildman–Crippen LogP) is 5.39. The zero-order valence-electron chi connectivity index (χ0n) is 12.6. The normalized spacial score (nSPS) is 15.6. The summed E-state index contributed by atoms with van der Waals surface area (Å²) in [6, 6.07) is 8.53. The Hall–Kier alpha value is -0.0500. The van der Waals surface area contributed by atoms with Crippen LogP contribution >= 0.6 is 27.5 Å². The van der Waals surface area contributed by atoms with E-state index in [1.165, 1.54) is 5.56 Å². The highest BCUT2D eigenvalue weighted by Gasteiger charge is 2.26. The molecule has 0 aromatic heterocycles. The van der Waals surface area contributed by atoms with Crippen molar-refractivity contribution in [1.82, 2.24) is 4.90 Å². The van der Waals surface area contributed by atoms with E-state index in [9.17, 15) is 0 Å². The molecule has 0 aliphatic heterocycles. The van der Waals surface area contributed by atoms with Crippen molar-refractivity contribution in [3.05, 3.63) is 34.9 Å². The van der Waals surface area contributed by atoms with Crippen LogP contribution in [0.5, 0.6) is 0 Å². The van der Waals surface area contributed by atoms with Crippen LogP contribution in [0.1, 0.15) is 39.3 Å². The average molecular weight is 347 g/mol. The molecule has 1 rings (SSSR count). The van der Waals surface area contributed by atoms with Gasteiger partial charge in [-0.3, -0.25) is 4.90 Å². The summed E-state index contributed by atoms with van der Waals surface area (Å²) < 4.78 is 0. The molecular formula is C16H25BrClN. The Bertz CT molecular complexity index is 400. The highest BCUT2D eigenvalue weighted by Crippen LogP contribution is 2.30. The zero-order chi connectivity index (χ0) is 14.6. The second-order valence-corrected chi connectivity index (χ2v) is 7.47. The van der Waals surface area contributed by atoms with Crippen molar-refractivity contribution in [2.75, 3.05) is 18.9 Å². The fraction of sp³-hybridized carbons (Fsp3) is 0.625. The van der Waals surface area contributed by atoms with E-state index in [0.717, 1.165) is 16.9 Å². The van der Waals surface area contributed by atoms with Crippen LogP contribution in [0.2, 0.25) is 5.02 Å². The molecule has 2 unspecified atom stereocenters. The van der Waals surface area contributed by atoms with Gasteiger partial charge in [-0.1, -0.05) is 60.4 Å². The number of nitrogens with zero attached hydrogens (tertiary/aromatic N) is 1. The Kier molecular flexibility index (Phi) is 6.35. The lowest BCUT2D eigenvalue weighted by molar-refractivity contribution is 0.159. The van der Waals surface area contributed by atoms with Gasteiger partial charge in [0, 0.05) is 22.9 Å². The van der Waals surface area contributed by atoms with Gasteiger partial charge in [-0.15, -0.1) is 0 Å². The van der Waals surface area contributed by atoms with Crippen molar-refractivity contribution in [1.29, 1.82) is 0 Å². The highest BCUT2D eigenvalue weighted by atomic mass is 79.9. The Morgan fingerprint density at radius 3 is 2.42 bits per heavy atom. The van der Waals surface area contributed by atoms with Crippen LogP contribution in [0.25, 0.3) is 0 Å². The largest absolute Gasteiger partial charge is 0.299 e. The van der Waals surface area contributed by atoms with Crippen molar-refractivity contribution in [2.24, 2.45) is 11.3 Å². The van der Waals surface area contributed by atoms with Gasteiger partial charge < -0.3 is 0 Å². The minimum atomic E-state index is 0.311. The summed E-state index contributed by atoms with van der Waals surface area (Å²) in [7, 11) is 2.19. The molecule has 1 aromatic rings. The van der Waals surface area contributed by atoms with Crippen LogP contribution < -0.4 is 0 Å². The second-order valence-electron chi connectivity index (χ2n) is 6.39. The number of rotatable bonds is 5. The van der Waals surface area contributed by atoms with Crippen molar-refractivity contribution >= 4 is 27.5 Å². The summed E-state index contributed by atoms with van der Waals surface area (Å²) in [5, 5.41) is 1.84. The van der Waals surface area contributed by atoms with Crippen LogP contribution in [0.3, 0.4) is 0 Å². The molecule has 0 N–H and O–H groups in total. The smallest absolute Gasteiger partial charge is 0.0409 e. The maximum absolute atomic E-state index is 6.07. The van der Waals surface area contributed by atoms with Crippen LogP contribution in [-0.4, -0.2) is 23.8 Å². The molecule has 0 saturated carbocycles. The number of benzene rings is 1. The molecule has 0 aliphatic carbocycles. The minimum absolute atomic E-state index is 0.311. The summed E-state index contributed by atoms with van der Waals surface area (Å²) in [4.78, 5) is 2.41. The minimum Gasteiger partial charge on any atom is -0.299 e. The lowest BCUT2D eigenvalue weighted by Gasteiger charge is -2.35. The molecule has 19 heavy (non-hydrogen) atoms. The van der Waals surface area contributed by atoms with E-state index in [1.807, 2.05) is 12.1 Å². The first kappa shape index (κ1) is 17.0. The number of hydrogen-bond acceptors (Lipinski definition) is 1. The molecule has 0 aliphatic rings. The van der Waals surface area contributed by atoms with Gasteiger partial charge in [0.05, 0.1) is 0 Å². The molecule has 0 bridgehead atoms. The van der Waals surface area contributed by atoms with Gasteiger partial charge in [0.25, 0.3) is 0 Å². The third kappa shape index (κ3) is 5.09. The molecule has 0 fully saturated rings. The average Bonchev–Trinajstić information content (AvgIpc) is 2.33. The first-order chi connectivity index (χ1) is 8.75. The van der Waals surface area contributed by atoms with E-state index >= 15 is 0 Å². The van der Waals surface area contributed by atoms with E-state index in [0.29, 0.717) is 17.4 Å². The molecule has 0 spiro atoms. The van der Waals surface area contributed by atoms with E-state index in [1.54, 1.807) is 0 Å². The van der Waals surface area contributed by atoms with E-state index in [-0.39, 0.29) is 0 Å². The third-order valence-electron chi connectivity index (χ3n) is 3.91. The molecule has 1 aromatic carbocycles. The van der Waals surface area contributed by atoms with Gasteiger partial charge >= 0.3 is 0 Å². The van der Waals surface area contributed by atoms with Gasteiger partial charge in [-0.05, 0) is 43.0 Å². The zero-order valence-corrected chi connectivity index (χ0v) is 14.9. The van der Waals surface area contributed by atoms with Gasteiger partial charge in [0.1, 0.15) is 0 Å². The van der Waals surface area contributed by atoms with Crippen molar-refractivity contribution in [3.8, 4) is 0 Å². The quantitative estimate of drug-likeness (QED) is 0.646. The van der Waals surface area contributed by atoms with Gasteiger partial charge in [-0.2, -0.15) is 0 Å². The van der Waals surface area contributed by atoms with Crippen LogP contribution in [0.4, 0.5) is 0 Å². The molecule has 1 nitrogen and oxygen atoms in total. The van der Waals surface area contributed by atoms with Gasteiger partial charge in [-0.25, -0.2) is 0 Å². The van der Waals surface area contributed by atoms with E-state index in [4.69, 9.17) is 11.6 Å². The molecule has 0 heterocycles. The van der Waals surface area contributed by atoms with Crippen molar-refractivity contribution in [2.45, 2.75) is 33.7 Å². The maximum Gasteiger partial charge on any atom is 0.0409 e. The van der Waals surface area contributed by atoms with Crippen LogP contribution in [-0.2, 0) is 0 Å². The van der Waals surface area contributed by atoms with Crippen molar-refractivity contribution in [3.63, 3.8) is 0 Å². The molecule has 0 saturated heterocycles. The van der Waals surface area contributed by atoms with E-state index in [2.05, 4.69) is 67.7 Å². The summed E-state index contributed by atoms with van der Waals surface area (Å²) >= 11 is 9.72. The van der Waals surface area contributed by atoms with Gasteiger partial charge in [0.15, 0.2) is 0 Å². The molecular weight excluding hydrogens is 322 g/mol. The summed E-state index contributed by atoms with van der Waals surface area (Å²) in [6.07, 6.45) is 0. The number of alkyl halides is 1. The van der Waals surface area contributed by atoms with Crippen LogP contribution in [0.15, 0.2) is 24.3 Å². The fourth-order valence-corrected chi connectivity index (χ4v) is 3.46. The van der Waals surface area contributed by atoms with E-state index < -0.39 is 0 Å². The lowest BCUT2D eigenvalue weighted by Crippen LogP contribution is -2.35. The fourth-order valence-electron chi connectivity index (χ4n) is 2.08. The Balaban J connectivity index is 2.74. The first-order valence-electron chi connectivity index (χ1n) is 6.77. The Morgan fingerprint density at radius 2 is 1.95 bits per heavy atom. The first-order valence-corrected chi connectivity index (χ1v) is 8.27. The Morgan fingerprint density at radius 1 is 1.32 bits per heavy atom. The molecule has 3 heteroatoms. The monoisotopic (exact) mass is 345 g/mol. The molecule has 108 valence electrons. The van der Waals surface area contributed by atoms with Crippen LogP contribution in [0, 0.1) is 11.3 Å². The highest BCUT2D eigenvalue weighted by molar-refractivity contribution is 9.09. The summed E-state index contributed by atoms with van der Waals surface area (Å²) in [5.74, 6) is 0.624. The Labute approximate surface area is 131 Å². The van der Waals surface area contributed by atoms with Crippen molar-refractivity contribution < 1.29 is 0 Å². The number of halogens is 2. The maximum atomic E-state index is 6.07. The summed E-state index contributed by atoms with van der Waals surface area (Å²) in [6.45, 7) is 10.2. The SMILES string of the molecule is CC(c1cccc(Cl)c1)N(C)CC(CBr)C(C)(C)C. The topological polar surface area (TPSA) is 3.24 Å². The molecule has 0 radical (unpaired) electrons. The third-order valence-corrected chi connectivity index (χ3v) is 4.93. The van der Waals surface area contributed by atoms with Gasteiger partial charge in [0.2, 0.25) is 0 Å². The summed E-state index contributed by atoms with van der Waals surface area (Å²) in [5.41, 5.74) is 1.59. The number of hydrogen-bond donors (Lipinski definition) is 0.